The van der Waals surface area contributed by atoms with E-state index in [1.165, 1.54) is 18.2 Å². The van der Waals surface area contributed by atoms with E-state index in [-0.39, 0.29) is 23.2 Å². The van der Waals surface area contributed by atoms with Gasteiger partial charge in [0.25, 0.3) is 11.8 Å². The van der Waals surface area contributed by atoms with E-state index >= 15 is 0 Å². The van der Waals surface area contributed by atoms with Gasteiger partial charge in [-0.25, -0.2) is 14.5 Å². The molecule has 0 aromatic heterocycles. The van der Waals surface area contributed by atoms with Gasteiger partial charge >= 0.3 is 12.0 Å². The average molecular weight is 543 g/mol. The number of carbonyl (C=O) groups is 4. The van der Waals surface area contributed by atoms with Gasteiger partial charge < -0.3 is 14.6 Å². The molecule has 0 bridgehead atoms. The van der Waals surface area contributed by atoms with Crippen LogP contribution in [0.2, 0.25) is 0 Å². The van der Waals surface area contributed by atoms with Crippen LogP contribution in [-0.4, -0.2) is 35.5 Å². The molecule has 4 amide bonds. The second-order valence-corrected chi connectivity index (χ2v) is 10.2. The lowest BCUT2D eigenvalue weighted by Gasteiger charge is -2.27. The quantitative estimate of drug-likeness (QED) is 0.292. The fourth-order valence-electron chi connectivity index (χ4n) is 4.08. The Labute approximate surface area is 232 Å². The number of imide groups is 2. The number of carboxylic acid groups (broad SMARTS) is 1. The largest absolute Gasteiger partial charge is 0.490 e. The zero-order chi connectivity index (χ0) is 29.0. The third-order valence-corrected chi connectivity index (χ3v) is 6.27. The predicted octanol–water partition coefficient (Wildman–Crippen LogP) is 5.33. The molecule has 2 N–H and O–H groups in total. The first-order valence-electron chi connectivity index (χ1n) is 12.7. The van der Waals surface area contributed by atoms with E-state index in [1.807, 2.05) is 19.1 Å². The van der Waals surface area contributed by atoms with E-state index in [1.54, 1.807) is 42.5 Å². The van der Waals surface area contributed by atoms with Gasteiger partial charge in [-0.1, -0.05) is 51.1 Å². The third kappa shape index (κ3) is 6.20. The molecule has 9 nitrogen and oxygen atoms in total. The Morgan fingerprint density at radius 2 is 1.60 bits per heavy atom. The van der Waals surface area contributed by atoms with Crippen molar-refractivity contribution in [2.75, 3.05) is 11.5 Å². The average Bonchev–Trinajstić information content (AvgIpc) is 2.90. The number of amides is 4. The maximum absolute atomic E-state index is 13.3. The maximum Gasteiger partial charge on any atom is 0.335 e. The number of barbiturate groups is 1. The van der Waals surface area contributed by atoms with Crippen molar-refractivity contribution < 1.29 is 33.8 Å². The second kappa shape index (κ2) is 11.4. The number of rotatable bonds is 8. The third-order valence-electron chi connectivity index (χ3n) is 6.27. The first-order chi connectivity index (χ1) is 19.0. The van der Waals surface area contributed by atoms with Gasteiger partial charge in [-0.3, -0.25) is 14.9 Å². The monoisotopic (exact) mass is 542 g/mol. The molecule has 1 aliphatic rings. The molecule has 3 aromatic rings. The Kier molecular flexibility index (Phi) is 8.04. The van der Waals surface area contributed by atoms with E-state index in [0.29, 0.717) is 29.4 Å². The molecule has 0 atom stereocenters. The van der Waals surface area contributed by atoms with Crippen LogP contribution in [0.25, 0.3) is 6.08 Å². The molecule has 1 saturated heterocycles. The summed E-state index contributed by atoms with van der Waals surface area (Å²) in [7, 11) is 0. The molecule has 9 heteroatoms. The Bertz CT molecular complexity index is 1480. The number of carboxylic acids is 1. The lowest BCUT2D eigenvalue weighted by atomic mass is 9.87. The van der Waals surface area contributed by atoms with E-state index in [2.05, 4.69) is 26.1 Å². The van der Waals surface area contributed by atoms with Gasteiger partial charge in [-0.05, 0) is 71.5 Å². The number of nitrogens with one attached hydrogen (secondary N) is 1. The number of anilines is 1. The minimum absolute atomic E-state index is 0.104. The van der Waals surface area contributed by atoms with Crippen LogP contribution in [0.3, 0.4) is 0 Å². The lowest BCUT2D eigenvalue weighted by Crippen LogP contribution is -2.54. The molecule has 0 spiro atoms. The van der Waals surface area contributed by atoms with E-state index in [4.69, 9.17) is 14.6 Å². The van der Waals surface area contributed by atoms with Gasteiger partial charge in [0, 0.05) is 0 Å². The highest BCUT2D eigenvalue weighted by atomic mass is 16.5. The summed E-state index contributed by atoms with van der Waals surface area (Å²) in [6.45, 7) is 8.51. The van der Waals surface area contributed by atoms with E-state index < -0.39 is 23.8 Å². The predicted molar refractivity (Wildman–Crippen MR) is 149 cm³/mol. The number of benzene rings is 3. The van der Waals surface area contributed by atoms with Crippen molar-refractivity contribution in [1.82, 2.24) is 5.32 Å². The Morgan fingerprint density at radius 1 is 0.925 bits per heavy atom. The van der Waals surface area contributed by atoms with Crippen LogP contribution < -0.4 is 19.7 Å². The Morgan fingerprint density at radius 3 is 2.20 bits per heavy atom. The van der Waals surface area contributed by atoms with Gasteiger partial charge in [0.15, 0.2) is 11.5 Å². The van der Waals surface area contributed by atoms with Gasteiger partial charge in [0.2, 0.25) is 0 Å². The zero-order valence-electron chi connectivity index (χ0n) is 22.7. The lowest BCUT2D eigenvalue weighted by molar-refractivity contribution is -0.122. The maximum atomic E-state index is 13.3. The molecular weight excluding hydrogens is 512 g/mol. The highest BCUT2D eigenvalue weighted by Gasteiger charge is 2.37. The van der Waals surface area contributed by atoms with Crippen molar-refractivity contribution in [3.05, 3.63) is 94.6 Å². The molecule has 1 aliphatic heterocycles. The summed E-state index contributed by atoms with van der Waals surface area (Å²) in [5.41, 5.74) is 2.53. The van der Waals surface area contributed by atoms with Crippen molar-refractivity contribution in [1.29, 1.82) is 0 Å². The minimum atomic E-state index is -1.01. The van der Waals surface area contributed by atoms with Gasteiger partial charge in [0.05, 0.1) is 17.9 Å². The summed E-state index contributed by atoms with van der Waals surface area (Å²) in [5, 5.41) is 11.3. The van der Waals surface area contributed by atoms with Gasteiger partial charge in [-0.15, -0.1) is 0 Å². The highest BCUT2D eigenvalue weighted by Crippen LogP contribution is 2.31. The van der Waals surface area contributed by atoms with Crippen molar-refractivity contribution in [2.45, 2.75) is 39.7 Å². The first kappa shape index (κ1) is 28.1. The summed E-state index contributed by atoms with van der Waals surface area (Å²) in [5.74, 6) is -1.71. The molecule has 0 saturated carbocycles. The van der Waals surface area contributed by atoms with E-state index in [0.717, 1.165) is 16.0 Å². The fraction of sp³-hybridized carbons (Fsp3) is 0.226. The number of hydrogen-bond donors (Lipinski definition) is 2. The van der Waals surface area contributed by atoms with Gasteiger partial charge in [-0.2, -0.15) is 0 Å². The molecule has 0 unspecified atom stereocenters. The number of ether oxygens (including phenoxy) is 2. The molecule has 4 rings (SSSR count). The molecule has 0 radical (unpaired) electrons. The fourth-order valence-corrected chi connectivity index (χ4v) is 4.08. The molecule has 1 heterocycles. The van der Waals surface area contributed by atoms with Crippen LogP contribution in [0.5, 0.6) is 11.5 Å². The van der Waals surface area contributed by atoms with Crippen LogP contribution in [0.15, 0.2) is 72.3 Å². The molecule has 0 aliphatic carbocycles. The van der Waals surface area contributed by atoms with Crippen LogP contribution in [0, 0.1) is 0 Å². The molecule has 1 fully saturated rings. The topological polar surface area (TPSA) is 122 Å². The summed E-state index contributed by atoms with van der Waals surface area (Å²) in [4.78, 5) is 50.6. The van der Waals surface area contributed by atoms with E-state index in [9.17, 15) is 19.2 Å². The molecular formula is C31H30N2O7. The number of aromatic carboxylic acids is 1. The second-order valence-electron chi connectivity index (χ2n) is 10.2. The van der Waals surface area contributed by atoms with Crippen molar-refractivity contribution in [2.24, 2.45) is 0 Å². The van der Waals surface area contributed by atoms with Crippen LogP contribution >= 0.6 is 0 Å². The Hall–Kier alpha value is -4.92. The number of nitrogens with zero attached hydrogens (tertiary/aromatic N) is 1. The Balaban J connectivity index is 1.57. The first-order valence-corrected chi connectivity index (χ1v) is 12.7. The highest BCUT2D eigenvalue weighted by molar-refractivity contribution is 6.39. The summed E-state index contributed by atoms with van der Waals surface area (Å²) in [6, 6.07) is 17.5. The zero-order valence-corrected chi connectivity index (χ0v) is 22.7. The standard InChI is InChI=1S/C31H30N2O7/c1-5-39-26-17-20(8-15-25(26)40-18-19-6-9-21(10-7-19)29(36)37)16-24-27(34)32-30(38)33(28(24)35)23-13-11-22(12-14-23)31(2,3)4/h6-17H,5,18H2,1-4H3,(H,36,37)(H,32,34,38)/b24-16-. The van der Waals surface area contributed by atoms with Crippen molar-refractivity contribution in [3.63, 3.8) is 0 Å². The van der Waals surface area contributed by atoms with Crippen molar-refractivity contribution >= 4 is 35.6 Å². The van der Waals surface area contributed by atoms with Crippen LogP contribution in [0.4, 0.5) is 10.5 Å². The number of carbonyl (C=O) groups excluding carboxylic acids is 3. The number of urea groups is 1. The van der Waals surface area contributed by atoms with Crippen LogP contribution in [-0.2, 0) is 21.6 Å². The smallest absolute Gasteiger partial charge is 0.335 e. The van der Waals surface area contributed by atoms with Crippen LogP contribution in [0.1, 0.15) is 54.7 Å². The molecule has 40 heavy (non-hydrogen) atoms. The molecule has 3 aromatic carbocycles. The number of hydrogen-bond acceptors (Lipinski definition) is 6. The summed E-state index contributed by atoms with van der Waals surface area (Å²) in [6.07, 6.45) is 1.40. The van der Waals surface area contributed by atoms with Gasteiger partial charge in [0.1, 0.15) is 12.2 Å². The normalized spacial score (nSPS) is 14.8. The summed E-state index contributed by atoms with van der Waals surface area (Å²) >= 11 is 0. The summed E-state index contributed by atoms with van der Waals surface area (Å²) < 4.78 is 11.6. The van der Waals surface area contributed by atoms with Crippen molar-refractivity contribution in [3.8, 4) is 11.5 Å². The minimum Gasteiger partial charge on any atom is -0.490 e. The molecule has 206 valence electrons. The SMILES string of the molecule is CCOc1cc(/C=C2/C(=O)NC(=O)N(c3ccc(C(C)(C)C)cc3)C2=O)ccc1OCc1ccc(C(=O)O)cc1.